The number of hydrogen-bond donors (Lipinski definition) is 5. The molecule has 0 aliphatic heterocycles. The number of phenolic OH excluding ortho intramolecular Hbond substituents is 2. The van der Waals surface area contributed by atoms with Crippen molar-refractivity contribution < 1.29 is 24.5 Å². The molecule has 7 nitrogen and oxygen atoms in total. The summed E-state index contributed by atoms with van der Waals surface area (Å²) in [5, 5.41) is 39.3. The lowest BCUT2D eigenvalue weighted by molar-refractivity contribution is 0.102. The molecule has 1 heterocycles. The molecular formula is C17H14N2O5. The van der Waals surface area contributed by atoms with Gasteiger partial charge in [-0.1, -0.05) is 18.2 Å². The molecule has 5 N–H and O–H groups in total. The van der Waals surface area contributed by atoms with E-state index < -0.39 is 17.2 Å². The number of fused-ring (bicyclic) bond motifs is 1. The number of aromatic hydroxyl groups is 2. The van der Waals surface area contributed by atoms with Crippen molar-refractivity contribution in [2.24, 2.45) is 0 Å². The summed E-state index contributed by atoms with van der Waals surface area (Å²) in [5.41, 5.74) is 0.394. The number of anilines is 1. The highest BCUT2D eigenvalue weighted by atomic mass is 16.4. The number of carbonyl (C=O) groups is 1. The third kappa shape index (κ3) is 2.68. The summed E-state index contributed by atoms with van der Waals surface area (Å²) in [5.74, 6) is -1.45. The molecule has 1 aromatic heterocycles. The van der Waals surface area contributed by atoms with E-state index in [0.717, 1.165) is 0 Å². The Bertz CT molecular complexity index is 994. The molecule has 0 fully saturated rings. The number of amides is 1. The zero-order valence-electron chi connectivity index (χ0n) is 12.4. The zero-order chi connectivity index (χ0) is 17.3. The maximum absolute atomic E-state index is 12.4. The molecule has 0 atom stereocenters. The molecule has 0 bridgehead atoms. The monoisotopic (exact) mass is 326 g/mol. The molecule has 0 aliphatic carbocycles. The quantitative estimate of drug-likeness (QED) is 0.471. The van der Waals surface area contributed by atoms with Crippen LogP contribution in [0, 0.1) is 5.41 Å². The Morgan fingerprint density at radius 3 is 2.67 bits per heavy atom. The SMILES string of the molecule is N=c1oc2c(O)c(O)ccc2cc1C(=O)Nc1ccccc1CO. The van der Waals surface area contributed by atoms with Gasteiger partial charge in [-0.05, 0) is 24.3 Å². The van der Waals surface area contributed by atoms with Crippen LogP contribution in [0.25, 0.3) is 11.0 Å². The molecule has 7 heteroatoms. The lowest BCUT2D eigenvalue weighted by Crippen LogP contribution is -2.21. The summed E-state index contributed by atoms with van der Waals surface area (Å²) >= 11 is 0. The highest BCUT2D eigenvalue weighted by molar-refractivity contribution is 6.06. The Hall–Kier alpha value is -3.32. The summed E-state index contributed by atoms with van der Waals surface area (Å²) in [7, 11) is 0. The topological polar surface area (TPSA) is 127 Å². The van der Waals surface area contributed by atoms with E-state index in [4.69, 9.17) is 9.83 Å². The largest absolute Gasteiger partial charge is 0.504 e. The smallest absolute Gasteiger partial charge is 0.261 e. The Labute approximate surface area is 135 Å². The maximum atomic E-state index is 12.4. The van der Waals surface area contributed by atoms with Crippen molar-refractivity contribution in [3.63, 3.8) is 0 Å². The molecule has 1 amide bonds. The van der Waals surface area contributed by atoms with E-state index in [1.807, 2.05) is 0 Å². The van der Waals surface area contributed by atoms with Crippen LogP contribution in [0.2, 0.25) is 0 Å². The fraction of sp³-hybridized carbons (Fsp3) is 0.0588. The van der Waals surface area contributed by atoms with Gasteiger partial charge in [-0.3, -0.25) is 10.2 Å². The number of nitrogens with one attached hydrogen (secondary N) is 2. The van der Waals surface area contributed by atoms with E-state index in [2.05, 4.69) is 5.32 Å². The molecule has 24 heavy (non-hydrogen) atoms. The minimum Gasteiger partial charge on any atom is -0.504 e. The van der Waals surface area contributed by atoms with Gasteiger partial charge in [0.2, 0.25) is 11.3 Å². The van der Waals surface area contributed by atoms with Gasteiger partial charge >= 0.3 is 0 Å². The third-order valence-electron chi connectivity index (χ3n) is 3.57. The number of benzene rings is 2. The first-order valence-corrected chi connectivity index (χ1v) is 7.04. The lowest BCUT2D eigenvalue weighted by atomic mass is 10.1. The average molecular weight is 326 g/mol. The van der Waals surface area contributed by atoms with Crippen molar-refractivity contribution in [2.45, 2.75) is 6.61 Å². The summed E-state index contributed by atoms with van der Waals surface area (Å²) in [6, 6.07) is 10.9. The Morgan fingerprint density at radius 1 is 1.17 bits per heavy atom. The Morgan fingerprint density at radius 2 is 1.92 bits per heavy atom. The molecule has 3 rings (SSSR count). The minimum atomic E-state index is -0.584. The van der Waals surface area contributed by atoms with E-state index in [1.54, 1.807) is 24.3 Å². The first-order valence-electron chi connectivity index (χ1n) is 7.04. The maximum Gasteiger partial charge on any atom is 0.261 e. The predicted octanol–water partition coefficient (Wildman–Crippen LogP) is 2.07. The van der Waals surface area contributed by atoms with Gasteiger partial charge in [0.25, 0.3) is 5.91 Å². The Kier molecular flexibility index (Phi) is 3.93. The van der Waals surface area contributed by atoms with Gasteiger partial charge in [0, 0.05) is 16.6 Å². The predicted molar refractivity (Wildman–Crippen MR) is 85.7 cm³/mol. The summed E-state index contributed by atoms with van der Waals surface area (Å²) in [4.78, 5) is 12.4. The number of aliphatic hydroxyl groups excluding tert-OH is 1. The second-order valence-electron chi connectivity index (χ2n) is 5.11. The highest BCUT2D eigenvalue weighted by Gasteiger charge is 2.16. The van der Waals surface area contributed by atoms with Crippen molar-refractivity contribution >= 4 is 22.6 Å². The molecule has 0 saturated carbocycles. The number of hydrogen-bond acceptors (Lipinski definition) is 6. The van der Waals surface area contributed by atoms with Gasteiger partial charge in [0.05, 0.1) is 6.61 Å². The van der Waals surface area contributed by atoms with Crippen LogP contribution in [-0.4, -0.2) is 21.2 Å². The van der Waals surface area contributed by atoms with E-state index in [0.29, 0.717) is 16.6 Å². The number of para-hydroxylation sites is 1. The molecule has 0 aliphatic rings. The molecule has 2 aromatic carbocycles. The van der Waals surface area contributed by atoms with Gasteiger partial charge in [0.1, 0.15) is 5.56 Å². The van der Waals surface area contributed by atoms with Crippen LogP contribution in [0.4, 0.5) is 5.69 Å². The van der Waals surface area contributed by atoms with Crippen molar-refractivity contribution in [1.29, 1.82) is 5.41 Å². The first-order chi connectivity index (χ1) is 11.5. The van der Waals surface area contributed by atoms with Crippen LogP contribution in [0.1, 0.15) is 15.9 Å². The number of phenols is 2. The molecule has 0 saturated heterocycles. The normalized spacial score (nSPS) is 10.7. The van der Waals surface area contributed by atoms with Gasteiger partial charge in [0.15, 0.2) is 11.3 Å². The molecule has 0 radical (unpaired) electrons. The zero-order valence-corrected chi connectivity index (χ0v) is 12.4. The van der Waals surface area contributed by atoms with Crippen molar-refractivity contribution in [3.8, 4) is 11.5 Å². The summed E-state index contributed by atoms with van der Waals surface area (Å²) < 4.78 is 5.17. The lowest BCUT2D eigenvalue weighted by Gasteiger charge is -2.10. The van der Waals surface area contributed by atoms with E-state index in [-0.39, 0.29) is 23.5 Å². The molecular weight excluding hydrogens is 312 g/mol. The van der Waals surface area contributed by atoms with E-state index in [1.165, 1.54) is 18.2 Å². The number of rotatable bonds is 3. The van der Waals surface area contributed by atoms with Gasteiger partial charge in [-0.15, -0.1) is 0 Å². The van der Waals surface area contributed by atoms with Gasteiger partial charge < -0.3 is 25.1 Å². The standard InChI is InChI=1S/C17H14N2O5/c18-16-11(7-9-5-6-13(21)14(22)15(9)24-16)17(23)19-12-4-2-1-3-10(12)8-20/h1-7,18,20-22H,8H2,(H,19,23). The molecule has 122 valence electrons. The van der Waals surface area contributed by atoms with Crippen LogP contribution < -0.4 is 10.9 Å². The van der Waals surface area contributed by atoms with E-state index >= 15 is 0 Å². The molecule has 0 spiro atoms. The molecule has 0 unspecified atom stereocenters. The minimum absolute atomic E-state index is 0.0414. The highest BCUT2D eigenvalue weighted by Crippen LogP contribution is 2.32. The van der Waals surface area contributed by atoms with Gasteiger partial charge in [-0.2, -0.15) is 0 Å². The van der Waals surface area contributed by atoms with Crippen molar-refractivity contribution in [1.82, 2.24) is 0 Å². The van der Waals surface area contributed by atoms with Crippen LogP contribution >= 0.6 is 0 Å². The van der Waals surface area contributed by atoms with Crippen molar-refractivity contribution in [3.05, 3.63) is 59.1 Å². The molecule has 3 aromatic rings. The van der Waals surface area contributed by atoms with Crippen LogP contribution in [0.5, 0.6) is 11.5 Å². The summed E-state index contributed by atoms with van der Waals surface area (Å²) in [6.45, 7) is -0.237. The number of carbonyl (C=O) groups excluding carboxylic acids is 1. The van der Waals surface area contributed by atoms with Crippen LogP contribution in [-0.2, 0) is 6.61 Å². The fourth-order valence-electron chi connectivity index (χ4n) is 2.31. The van der Waals surface area contributed by atoms with E-state index in [9.17, 15) is 20.1 Å². The number of aliphatic hydroxyl groups is 1. The Balaban J connectivity index is 2.03. The first kappa shape index (κ1) is 15.6. The van der Waals surface area contributed by atoms with Crippen LogP contribution in [0.15, 0.2) is 46.9 Å². The average Bonchev–Trinajstić information content (AvgIpc) is 2.58. The summed E-state index contributed by atoms with van der Waals surface area (Å²) in [6.07, 6.45) is 0. The third-order valence-corrected chi connectivity index (χ3v) is 3.57. The van der Waals surface area contributed by atoms with Crippen molar-refractivity contribution in [2.75, 3.05) is 5.32 Å². The second-order valence-corrected chi connectivity index (χ2v) is 5.11. The van der Waals surface area contributed by atoms with Crippen LogP contribution in [0.3, 0.4) is 0 Å². The van der Waals surface area contributed by atoms with Gasteiger partial charge in [-0.25, -0.2) is 0 Å². The fourth-order valence-corrected chi connectivity index (χ4v) is 2.31. The second kappa shape index (κ2) is 6.05.